The monoisotopic (exact) mass is 303 g/mol. The highest BCUT2D eigenvalue weighted by molar-refractivity contribution is 7.92. The summed E-state index contributed by atoms with van der Waals surface area (Å²) in [5.41, 5.74) is -0.412. The molecule has 0 spiro atoms. The number of rotatable bonds is 4. The van der Waals surface area contributed by atoms with Gasteiger partial charge in [-0.15, -0.1) is 0 Å². The third-order valence-corrected chi connectivity index (χ3v) is 4.01. The van der Waals surface area contributed by atoms with Crippen LogP contribution < -0.4 is 4.72 Å². The molecule has 0 amide bonds. The van der Waals surface area contributed by atoms with Crippen LogP contribution in [0.15, 0.2) is 53.4 Å². The number of hydrogen-bond acceptors (Lipinski definition) is 5. The van der Waals surface area contributed by atoms with Crippen molar-refractivity contribution in [2.24, 2.45) is 0 Å². The first-order valence-corrected chi connectivity index (χ1v) is 7.19. The fraction of sp³-hybridized carbons (Fsp3) is 0. The maximum absolute atomic E-state index is 12.1. The van der Waals surface area contributed by atoms with Crippen LogP contribution in [-0.4, -0.2) is 13.3 Å². The van der Waals surface area contributed by atoms with E-state index in [1.54, 1.807) is 24.3 Å². The van der Waals surface area contributed by atoms with E-state index in [4.69, 9.17) is 5.26 Å². The Morgan fingerprint density at radius 2 is 1.81 bits per heavy atom. The summed E-state index contributed by atoms with van der Waals surface area (Å²) in [5.74, 6) is 0. The summed E-state index contributed by atoms with van der Waals surface area (Å²) in [6.45, 7) is 0. The fourth-order valence-electron chi connectivity index (χ4n) is 1.63. The highest BCUT2D eigenvalue weighted by Gasteiger charge is 2.17. The number of nitriles is 1. The molecule has 0 radical (unpaired) electrons. The van der Waals surface area contributed by atoms with Gasteiger partial charge in [-0.25, -0.2) is 8.42 Å². The summed E-state index contributed by atoms with van der Waals surface area (Å²) in [5, 5.41) is 19.6. The van der Waals surface area contributed by atoms with Gasteiger partial charge in [0.25, 0.3) is 15.7 Å². The molecule has 0 aliphatic rings. The quantitative estimate of drug-likeness (QED) is 0.687. The van der Waals surface area contributed by atoms with Crippen LogP contribution in [0.3, 0.4) is 0 Å². The highest BCUT2D eigenvalue weighted by Crippen LogP contribution is 2.24. The second kappa shape index (κ2) is 5.60. The van der Waals surface area contributed by atoms with Crippen LogP contribution in [-0.2, 0) is 10.0 Å². The second-order valence-corrected chi connectivity index (χ2v) is 5.70. The van der Waals surface area contributed by atoms with E-state index in [0.29, 0.717) is 0 Å². The molecule has 1 N–H and O–H groups in total. The van der Waals surface area contributed by atoms with Crippen molar-refractivity contribution in [3.63, 3.8) is 0 Å². The number of hydrogen-bond donors (Lipinski definition) is 1. The number of anilines is 1. The Morgan fingerprint density at radius 1 is 1.14 bits per heavy atom. The van der Waals surface area contributed by atoms with Crippen molar-refractivity contribution in [3.8, 4) is 6.07 Å². The van der Waals surface area contributed by atoms with E-state index >= 15 is 0 Å². The zero-order valence-electron chi connectivity index (χ0n) is 10.6. The zero-order chi connectivity index (χ0) is 15.5. The van der Waals surface area contributed by atoms with Crippen molar-refractivity contribution < 1.29 is 13.3 Å². The first-order valence-electron chi connectivity index (χ1n) is 5.70. The molecule has 2 rings (SSSR count). The van der Waals surface area contributed by atoms with Crippen LogP contribution >= 0.6 is 0 Å². The van der Waals surface area contributed by atoms with E-state index in [0.717, 1.165) is 12.1 Å². The van der Waals surface area contributed by atoms with Gasteiger partial charge in [-0.1, -0.05) is 18.2 Å². The van der Waals surface area contributed by atoms with Crippen LogP contribution in [0.25, 0.3) is 0 Å². The van der Waals surface area contributed by atoms with E-state index in [-0.39, 0.29) is 21.8 Å². The number of nitro benzene ring substituents is 1. The molecule has 0 bridgehead atoms. The van der Waals surface area contributed by atoms with Crippen molar-refractivity contribution in [3.05, 3.63) is 64.2 Å². The predicted octanol–water partition coefficient (Wildman–Crippen LogP) is 2.27. The van der Waals surface area contributed by atoms with E-state index in [1.165, 1.54) is 18.2 Å². The first kappa shape index (κ1) is 14.5. The minimum atomic E-state index is -3.85. The minimum absolute atomic E-state index is 0.00745. The highest BCUT2D eigenvalue weighted by atomic mass is 32.2. The van der Waals surface area contributed by atoms with E-state index in [1.807, 2.05) is 0 Å². The van der Waals surface area contributed by atoms with E-state index in [2.05, 4.69) is 4.72 Å². The van der Waals surface area contributed by atoms with Crippen molar-refractivity contribution >= 4 is 21.4 Å². The summed E-state index contributed by atoms with van der Waals surface area (Å²) in [6, 6.07) is 12.7. The van der Waals surface area contributed by atoms with Gasteiger partial charge in [-0.3, -0.25) is 14.8 Å². The van der Waals surface area contributed by atoms with Gasteiger partial charge in [0.15, 0.2) is 0 Å². The van der Waals surface area contributed by atoms with Gasteiger partial charge >= 0.3 is 0 Å². The van der Waals surface area contributed by atoms with Gasteiger partial charge in [0.2, 0.25) is 0 Å². The molecule has 2 aromatic rings. The fourth-order valence-corrected chi connectivity index (χ4v) is 2.73. The van der Waals surface area contributed by atoms with Crippen molar-refractivity contribution in [2.75, 3.05) is 4.72 Å². The molecule has 0 aliphatic carbocycles. The van der Waals surface area contributed by atoms with Crippen LogP contribution in [0.4, 0.5) is 11.4 Å². The molecule has 106 valence electrons. The lowest BCUT2D eigenvalue weighted by Crippen LogP contribution is -2.13. The molecule has 0 saturated carbocycles. The third-order valence-electron chi connectivity index (χ3n) is 2.63. The summed E-state index contributed by atoms with van der Waals surface area (Å²) in [6.07, 6.45) is 0. The second-order valence-electron chi connectivity index (χ2n) is 4.02. The summed E-state index contributed by atoms with van der Waals surface area (Å²) < 4.78 is 26.5. The van der Waals surface area contributed by atoms with Gasteiger partial charge in [0.1, 0.15) is 6.07 Å². The topological polar surface area (TPSA) is 113 Å². The molecule has 21 heavy (non-hydrogen) atoms. The summed E-state index contributed by atoms with van der Waals surface area (Å²) in [7, 11) is -3.85. The maximum atomic E-state index is 12.1. The van der Waals surface area contributed by atoms with Gasteiger partial charge < -0.3 is 0 Å². The number of nitrogens with zero attached hydrogens (tertiary/aromatic N) is 2. The lowest BCUT2D eigenvalue weighted by Gasteiger charge is -2.09. The van der Waals surface area contributed by atoms with E-state index < -0.39 is 14.9 Å². The van der Waals surface area contributed by atoms with Crippen molar-refractivity contribution in [1.82, 2.24) is 0 Å². The first-order chi connectivity index (χ1) is 9.94. The lowest BCUT2D eigenvalue weighted by molar-refractivity contribution is -0.384. The normalized spacial score (nSPS) is 10.6. The minimum Gasteiger partial charge on any atom is -0.278 e. The Labute approximate surface area is 120 Å². The smallest absolute Gasteiger partial charge is 0.270 e. The van der Waals surface area contributed by atoms with Crippen LogP contribution in [0.1, 0.15) is 5.56 Å². The Hall–Kier alpha value is -2.92. The molecule has 0 heterocycles. The molecule has 2 aromatic carbocycles. The average Bonchev–Trinajstić information content (AvgIpc) is 2.48. The Balaban J connectivity index is 2.41. The van der Waals surface area contributed by atoms with Gasteiger partial charge in [0, 0.05) is 12.1 Å². The van der Waals surface area contributed by atoms with Crippen LogP contribution in [0, 0.1) is 21.4 Å². The Morgan fingerprint density at radius 3 is 2.38 bits per heavy atom. The molecule has 0 aliphatic heterocycles. The number of nitro groups is 1. The summed E-state index contributed by atoms with van der Waals surface area (Å²) >= 11 is 0. The molecule has 0 aromatic heterocycles. The van der Waals surface area contributed by atoms with Crippen molar-refractivity contribution in [1.29, 1.82) is 5.26 Å². The molecule has 0 atom stereocenters. The molecule has 8 heteroatoms. The van der Waals surface area contributed by atoms with Crippen molar-refractivity contribution in [2.45, 2.75) is 4.90 Å². The lowest BCUT2D eigenvalue weighted by atomic mass is 10.2. The predicted molar refractivity (Wildman–Crippen MR) is 75.1 cm³/mol. The number of non-ortho nitro benzene ring substituents is 1. The van der Waals surface area contributed by atoms with Gasteiger partial charge in [-0.2, -0.15) is 5.26 Å². The van der Waals surface area contributed by atoms with E-state index in [9.17, 15) is 18.5 Å². The molecule has 0 fully saturated rings. The molecule has 0 saturated heterocycles. The average molecular weight is 303 g/mol. The molecular formula is C13H9N3O4S. The van der Waals surface area contributed by atoms with Gasteiger partial charge in [-0.05, 0) is 18.2 Å². The summed E-state index contributed by atoms with van der Waals surface area (Å²) in [4.78, 5) is 10.0. The molecule has 7 nitrogen and oxygen atoms in total. The number of nitrogens with one attached hydrogen (secondary N) is 1. The SMILES string of the molecule is N#Cc1cc([N+](=O)[O-])ccc1NS(=O)(=O)c1ccccc1. The Kier molecular flexibility index (Phi) is 3.86. The maximum Gasteiger partial charge on any atom is 0.270 e. The standard InChI is InChI=1S/C13H9N3O4S/c14-9-10-8-11(16(17)18)6-7-13(10)15-21(19,20)12-4-2-1-3-5-12/h1-8,15H. The largest absolute Gasteiger partial charge is 0.278 e. The molecule has 0 unspecified atom stereocenters. The van der Waals surface area contributed by atoms with Crippen LogP contribution in [0.5, 0.6) is 0 Å². The van der Waals surface area contributed by atoms with Gasteiger partial charge in [0.05, 0.1) is 21.1 Å². The molecular weight excluding hydrogens is 294 g/mol. The third kappa shape index (κ3) is 3.16. The number of sulfonamides is 1. The van der Waals surface area contributed by atoms with Crippen LogP contribution in [0.2, 0.25) is 0 Å². The zero-order valence-corrected chi connectivity index (χ0v) is 11.4. The Bertz CT molecular complexity index is 826. The number of benzene rings is 2.